The third-order valence-corrected chi connectivity index (χ3v) is 4.01. The van der Waals surface area contributed by atoms with Crippen molar-refractivity contribution in [3.8, 4) is 0 Å². The topological polar surface area (TPSA) is 50.9 Å². The minimum atomic E-state index is -0.363. The monoisotopic (exact) mass is 295 g/mol. The van der Waals surface area contributed by atoms with Crippen molar-refractivity contribution in [3.05, 3.63) is 45.7 Å². The summed E-state index contributed by atoms with van der Waals surface area (Å²) in [6.45, 7) is 2.59. The standard InChI is InChI=1S/C13H14FN3S2/c1-2-9-6-17-12(19-9)7-16-11-4-3-8(13(15)18)5-10(11)14/h3-6,16H,2,7H2,1H3,(H2,15,18). The Bertz CT molecular complexity index is 595. The highest BCUT2D eigenvalue weighted by Gasteiger charge is 2.06. The Morgan fingerprint density at radius 2 is 2.32 bits per heavy atom. The molecule has 3 nitrogen and oxygen atoms in total. The molecule has 0 spiro atoms. The van der Waals surface area contributed by atoms with E-state index in [2.05, 4.69) is 17.2 Å². The van der Waals surface area contributed by atoms with Gasteiger partial charge < -0.3 is 11.1 Å². The number of hydrogen-bond donors (Lipinski definition) is 2. The SMILES string of the molecule is CCc1cnc(CNc2ccc(C(N)=S)cc2F)s1. The Labute approximate surface area is 120 Å². The van der Waals surface area contributed by atoms with Gasteiger partial charge in [0.1, 0.15) is 15.8 Å². The van der Waals surface area contributed by atoms with Gasteiger partial charge in [-0.05, 0) is 24.6 Å². The van der Waals surface area contributed by atoms with Gasteiger partial charge in [-0.2, -0.15) is 0 Å². The van der Waals surface area contributed by atoms with E-state index in [9.17, 15) is 4.39 Å². The zero-order valence-corrected chi connectivity index (χ0v) is 12.1. The maximum Gasteiger partial charge on any atom is 0.146 e. The van der Waals surface area contributed by atoms with Gasteiger partial charge in [0.05, 0.1) is 12.2 Å². The van der Waals surface area contributed by atoms with Crippen LogP contribution in [-0.4, -0.2) is 9.97 Å². The number of hydrogen-bond acceptors (Lipinski definition) is 4. The van der Waals surface area contributed by atoms with Gasteiger partial charge >= 0.3 is 0 Å². The lowest BCUT2D eigenvalue weighted by molar-refractivity contribution is 0.630. The second-order valence-corrected chi connectivity index (χ2v) is 5.63. The fraction of sp³-hybridized carbons (Fsp3) is 0.231. The number of nitrogens with two attached hydrogens (primary N) is 1. The molecule has 0 aliphatic carbocycles. The average Bonchev–Trinajstić information content (AvgIpc) is 2.85. The number of anilines is 1. The first kappa shape index (κ1) is 13.9. The highest BCUT2D eigenvalue weighted by Crippen LogP contribution is 2.19. The minimum absolute atomic E-state index is 0.193. The molecule has 0 aliphatic rings. The molecule has 0 atom stereocenters. The number of rotatable bonds is 5. The molecule has 3 N–H and O–H groups in total. The maximum atomic E-state index is 13.8. The zero-order valence-electron chi connectivity index (χ0n) is 10.4. The number of aryl methyl sites for hydroxylation is 1. The molecule has 1 aromatic carbocycles. The van der Waals surface area contributed by atoms with Crippen LogP contribution in [0, 0.1) is 5.82 Å². The van der Waals surface area contributed by atoms with Crippen molar-refractivity contribution in [2.24, 2.45) is 5.73 Å². The fourth-order valence-electron chi connectivity index (χ4n) is 1.58. The van der Waals surface area contributed by atoms with E-state index in [0.717, 1.165) is 11.4 Å². The lowest BCUT2D eigenvalue weighted by Crippen LogP contribution is -2.10. The highest BCUT2D eigenvalue weighted by molar-refractivity contribution is 7.80. The second kappa shape index (κ2) is 6.08. The molecule has 0 radical (unpaired) electrons. The van der Waals surface area contributed by atoms with Crippen LogP contribution in [0.25, 0.3) is 0 Å². The molecule has 2 aromatic rings. The van der Waals surface area contributed by atoms with E-state index < -0.39 is 0 Å². The Morgan fingerprint density at radius 3 is 2.89 bits per heavy atom. The van der Waals surface area contributed by atoms with Gasteiger partial charge in [-0.1, -0.05) is 19.1 Å². The molecule has 0 saturated heterocycles. The van der Waals surface area contributed by atoms with E-state index in [4.69, 9.17) is 18.0 Å². The molecular formula is C13H14FN3S2. The molecule has 0 bridgehead atoms. The van der Waals surface area contributed by atoms with E-state index in [1.807, 2.05) is 6.20 Å². The number of thiazole rings is 1. The normalized spacial score (nSPS) is 10.4. The quantitative estimate of drug-likeness (QED) is 0.832. The van der Waals surface area contributed by atoms with Gasteiger partial charge in [0.25, 0.3) is 0 Å². The van der Waals surface area contributed by atoms with E-state index in [-0.39, 0.29) is 10.8 Å². The molecule has 1 aromatic heterocycles. The number of benzene rings is 1. The summed E-state index contributed by atoms with van der Waals surface area (Å²) in [5, 5.41) is 3.96. The Kier molecular flexibility index (Phi) is 4.44. The van der Waals surface area contributed by atoms with Crippen LogP contribution in [0.1, 0.15) is 22.4 Å². The number of thiocarbonyl (C=S) groups is 1. The van der Waals surface area contributed by atoms with Crippen molar-refractivity contribution in [2.75, 3.05) is 5.32 Å². The van der Waals surface area contributed by atoms with Crippen molar-refractivity contribution >= 4 is 34.2 Å². The van der Waals surface area contributed by atoms with E-state index >= 15 is 0 Å². The van der Waals surface area contributed by atoms with Gasteiger partial charge in [-0.15, -0.1) is 11.3 Å². The molecule has 0 aliphatic heterocycles. The van der Waals surface area contributed by atoms with Crippen LogP contribution in [0.4, 0.5) is 10.1 Å². The summed E-state index contributed by atoms with van der Waals surface area (Å²) in [5.41, 5.74) is 6.40. The Hall–Kier alpha value is -1.53. The van der Waals surface area contributed by atoms with Crippen LogP contribution >= 0.6 is 23.6 Å². The third-order valence-electron chi connectivity index (χ3n) is 2.63. The Morgan fingerprint density at radius 1 is 1.53 bits per heavy atom. The lowest BCUT2D eigenvalue weighted by Gasteiger charge is -2.07. The first-order valence-corrected chi connectivity index (χ1v) is 7.09. The molecule has 0 saturated carbocycles. The molecular weight excluding hydrogens is 281 g/mol. The Balaban J connectivity index is 2.05. The molecule has 0 unspecified atom stereocenters. The van der Waals surface area contributed by atoms with Crippen molar-refractivity contribution in [1.29, 1.82) is 0 Å². The second-order valence-electron chi connectivity index (χ2n) is 3.99. The van der Waals surface area contributed by atoms with Crippen molar-refractivity contribution in [2.45, 2.75) is 19.9 Å². The van der Waals surface area contributed by atoms with E-state index in [0.29, 0.717) is 17.8 Å². The van der Waals surface area contributed by atoms with Crippen LogP contribution < -0.4 is 11.1 Å². The molecule has 0 fully saturated rings. The number of nitrogens with zero attached hydrogens (tertiary/aromatic N) is 1. The average molecular weight is 295 g/mol. The molecule has 1 heterocycles. The summed E-state index contributed by atoms with van der Waals surface area (Å²) >= 11 is 6.43. The first-order chi connectivity index (χ1) is 9.10. The fourth-order valence-corrected chi connectivity index (χ4v) is 2.50. The van der Waals surface area contributed by atoms with Crippen molar-refractivity contribution in [1.82, 2.24) is 4.98 Å². The largest absolute Gasteiger partial charge is 0.389 e. The van der Waals surface area contributed by atoms with E-state index in [1.54, 1.807) is 23.5 Å². The van der Waals surface area contributed by atoms with Crippen LogP contribution in [-0.2, 0) is 13.0 Å². The van der Waals surface area contributed by atoms with Crippen molar-refractivity contribution < 1.29 is 4.39 Å². The first-order valence-electron chi connectivity index (χ1n) is 5.87. The predicted octanol–water partition coefficient (Wildman–Crippen LogP) is 3.09. The summed E-state index contributed by atoms with van der Waals surface area (Å²) in [5.74, 6) is -0.363. The smallest absolute Gasteiger partial charge is 0.146 e. The van der Waals surface area contributed by atoms with E-state index in [1.165, 1.54) is 10.9 Å². The number of aromatic nitrogens is 1. The molecule has 100 valence electrons. The van der Waals surface area contributed by atoms with Gasteiger partial charge in [0.2, 0.25) is 0 Å². The molecule has 6 heteroatoms. The van der Waals surface area contributed by atoms with Crippen LogP contribution in [0.5, 0.6) is 0 Å². The van der Waals surface area contributed by atoms with Gasteiger partial charge in [-0.3, -0.25) is 0 Å². The summed E-state index contributed by atoms with van der Waals surface area (Å²) in [6.07, 6.45) is 2.82. The van der Waals surface area contributed by atoms with Gasteiger partial charge in [0, 0.05) is 16.6 Å². The summed E-state index contributed by atoms with van der Waals surface area (Å²) in [4.78, 5) is 5.69. The van der Waals surface area contributed by atoms with Crippen molar-refractivity contribution in [3.63, 3.8) is 0 Å². The summed E-state index contributed by atoms with van der Waals surface area (Å²) < 4.78 is 13.8. The van der Waals surface area contributed by atoms with Gasteiger partial charge in [-0.25, -0.2) is 9.37 Å². The van der Waals surface area contributed by atoms with Crippen LogP contribution in [0.2, 0.25) is 0 Å². The van der Waals surface area contributed by atoms with Gasteiger partial charge in [0.15, 0.2) is 0 Å². The highest BCUT2D eigenvalue weighted by atomic mass is 32.1. The third kappa shape index (κ3) is 3.48. The zero-order chi connectivity index (χ0) is 13.8. The number of nitrogens with one attached hydrogen (secondary N) is 1. The lowest BCUT2D eigenvalue weighted by atomic mass is 10.2. The number of halogens is 1. The summed E-state index contributed by atoms with van der Waals surface area (Å²) in [7, 11) is 0. The summed E-state index contributed by atoms with van der Waals surface area (Å²) in [6, 6.07) is 4.68. The predicted molar refractivity (Wildman–Crippen MR) is 81.1 cm³/mol. The minimum Gasteiger partial charge on any atom is -0.389 e. The van der Waals surface area contributed by atoms with Crippen LogP contribution in [0.15, 0.2) is 24.4 Å². The maximum absolute atomic E-state index is 13.8. The molecule has 19 heavy (non-hydrogen) atoms. The molecule has 0 amide bonds. The molecule has 2 rings (SSSR count). The van der Waals surface area contributed by atoms with Crippen LogP contribution in [0.3, 0.4) is 0 Å².